The number of carbonyl (C=O) groups excluding carboxylic acids is 1. The number of rotatable bonds is 5. The highest BCUT2D eigenvalue weighted by atomic mass is 19.1. The first-order valence-corrected chi connectivity index (χ1v) is 6.98. The minimum atomic E-state index is -0.269. The second-order valence-corrected chi connectivity index (χ2v) is 6.45. The van der Waals surface area contributed by atoms with Crippen molar-refractivity contribution in [2.75, 3.05) is 6.54 Å². The summed E-state index contributed by atoms with van der Waals surface area (Å²) in [4.78, 5) is 12.0. The largest absolute Gasteiger partial charge is 0.348 e. The van der Waals surface area contributed by atoms with E-state index >= 15 is 0 Å². The van der Waals surface area contributed by atoms with Crippen molar-refractivity contribution in [3.05, 3.63) is 35.6 Å². The Kier molecular flexibility index (Phi) is 5.69. The van der Waals surface area contributed by atoms with Crippen LogP contribution in [0.4, 0.5) is 4.39 Å². The quantitative estimate of drug-likeness (QED) is 0.870. The fourth-order valence-electron chi connectivity index (χ4n) is 1.96. The minimum Gasteiger partial charge on any atom is -0.348 e. The fourth-order valence-corrected chi connectivity index (χ4v) is 1.96. The number of hydrogen-bond donors (Lipinski definition) is 2. The Bertz CT molecular complexity index is 435. The number of nitrogens with one attached hydrogen (secondary N) is 2. The zero-order chi connectivity index (χ0) is 15.3. The van der Waals surface area contributed by atoms with Crippen molar-refractivity contribution in [1.29, 1.82) is 0 Å². The predicted molar refractivity (Wildman–Crippen MR) is 79.9 cm³/mol. The Balaban J connectivity index is 2.81. The van der Waals surface area contributed by atoms with Gasteiger partial charge >= 0.3 is 0 Å². The van der Waals surface area contributed by atoms with Crippen molar-refractivity contribution in [1.82, 2.24) is 10.6 Å². The van der Waals surface area contributed by atoms with Crippen molar-refractivity contribution in [2.45, 2.75) is 46.7 Å². The molecule has 0 saturated heterocycles. The molecule has 0 fully saturated rings. The van der Waals surface area contributed by atoms with E-state index < -0.39 is 0 Å². The van der Waals surface area contributed by atoms with Crippen LogP contribution in [0.5, 0.6) is 0 Å². The van der Waals surface area contributed by atoms with Gasteiger partial charge in [0.15, 0.2) is 0 Å². The van der Waals surface area contributed by atoms with Crippen LogP contribution in [0.25, 0.3) is 0 Å². The lowest BCUT2D eigenvalue weighted by atomic mass is 9.82. The van der Waals surface area contributed by atoms with E-state index in [2.05, 4.69) is 31.4 Å². The van der Waals surface area contributed by atoms with E-state index in [1.807, 2.05) is 13.8 Å². The number of carbonyl (C=O) groups is 1. The normalized spacial score (nSPS) is 13.3. The molecule has 2 N–H and O–H groups in total. The molecule has 4 heteroatoms. The Labute approximate surface area is 121 Å². The van der Waals surface area contributed by atoms with Gasteiger partial charge < -0.3 is 10.6 Å². The standard InChI is InChI=1S/C16H25FN2O/c1-11(2)18-10-14(20)19-15(16(3,4)5)12-6-8-13(17)9-7-12/h6-9,11,15,18H,10H2,1-5H3,(H,19,20). The third-order valence-electron chi connectivity index (χ3n) is 3.05. The Morgan fingerprint density at radius 1 is 1.20 bits per heavy atom. The summed E-state index contributed by atoms with van der Waals surface area (Å²) in [5.41, 5.74) is 0.766. The van der Waals surface area contributed by atoms with E-state index in [1.165, 1.54) is 12.1 Å². The van der Waals surface area contributed by atoms with E-state index in [0.717, 1.165) is 5.56 Å². The fraction of sp³-hybridized carbons (Fsp3) is 0.562. The van der Waals surface area contributed by atoms with Crippen molar-refractivity contribution < 1.29 is 9.18 Å². The lowest BCUT2D eigenvalue weighted by molar-refractivity contribution is -0.121. The van der Waals surface area contributed by atoms with Crippen LogP contribution in [0.2, 0.25) is 0 Å². The zero-order valence-corrected chi connectivity index (χ0v) is 13.0. The van der Waals surface area contributed by atoms with Gasteiger partial charge in [0, 0.05) is 6.04 Å². The topological polar surface area (TPSA) is 41.1 Å². The molecule has 20 heavy (non-hydrogen) atoms. The maximum absolute atomic E-state index is 13.0. The molecular weight excluding hydrogens is 255 g/mol. The van der Waals surface area contributed by atoms with Gasteiger partial charge in [-0.1, -0.05) is 46.8 Å². The second kappa shape index (κ2) is 6.84. The molecule has 112 valence electrons. The van der Waals surface area contributed by atoms with Gasteiger partial charge in [0.05, 0.1) is 12.6 Å². The van der Waals surface area contributed by atoms with Crippen LogP contribution in [0.15, 0.2) is 24.3 Å². The van der Waals surface area contributed by atoms with Gasteiger partial charge in [0.25, 0.3) is 0 Å². The summed E-state index contributed by atoms with van der Waals surface area (Å²) in [6.07, 6.45) is 0. The summed E-state index contributed by atoms with van der Waals surface area (Å²) in [5.74, 6) is -0.322. The highest BCUT2D eigenvalue weighted by Crippen LogP contribution is 2.32. The summed E-state index contributed by atoms with van der Waals surface area (Å²) >= 11 is 0. The summed E-state index contributed by atoms with van der Waals surface area (Å²) in [6.45, 7) is 10.4. The molecule has 1 rings (SSSR count). The van der Waals surface area contributed by atoms with Crippen LogP contribution >= 0.6 is 0 Å². The highest BCUT2D eigenvalue weighted by Gasteiger charge is 2.27. The summed E-state index contributed by atoms with van der Waals surface area (Å²) in [5, 5.41) is 6.11. The minimum absolute atomic E-state index is 0.0528. The predicted octanol–water partition coefficient (Wildman–Crippen LogP) is 3.03. The molecule has 0 radical (unpaired) electrons. The van der Waals surface area contributed by atoms with Crippen LogP contribution in [0.1, 0.15) is 46.2 Å². The molecule has 1 unspecified atom stereocenters. The van der Waals surface area contributed by atoms with Crippen LogP contribution < -0.4 is 10.6 Å². The van der Waals surface area contributed by atoms with Gasteiger partial charge in [0.1, 0.15) is 5.82 Å². The lowest BCUT2D eigenvalue weighted by Crippen LogP contribution is -2.42. The Morgan fingerprint density at radius 2 is 1.75 bits per heavy atom. The molecule has 1 aromatic carbocycles. The molecular formula is C16H25FN2O. The molecule has 0 aromatic heterocycles. The van der Waals surface area contributed by atoms with E-state index in [1.54, 1.807) is 12.1 Å². The number of hydrogen-bond acceptors (Lipinski definition) is 2. The number of benzene rings is 1. The molecule has 0 spiro atoms. The van der Waals surface area contributed by atoms with Gasteiger partial charge in [-0.3, -0.25) is 4.79 Å². The Morgan fingerprint density at radius 3 is 2.20 bits per heavy atom. The van der Waals surface area contributed by atoms with Crippen molar-refractivity contribution in [3.8, 4) is 0 Å². The first-order valence-electron chi connectivity index (χ1n) is 6.98. The lowest BCUT2D eigenvalue weighted by Gasteiger charge is -2.32. The molecule has 0 heterocycles. The van der Waals surface area contributed by atoms with Crippen LogP contribution in [0.3, 0.4) is 0 Å². The second-order valence-electron chi connectivity index (χ2n) is 6.45. The van der Waals surface area contributed by atoms with Gasteiger partial charge in [-0.05, 0) is 23.1 Å². The van der Waals surface area contributed by atoms with Crippen LogP contribution in [0, 0.1) is 11.2 Å². The first-order chi connectivity index (χ1) is 9.20. The van der Waals surface area contributed by atoms with Crippen LogP contribution in [-0.2, 0) is 4.79 Å². The average molecular weight is 280 g/mol. The number of amides is 1. The number of halogens is 1. The van der Waals surface area contributed by atoms with Crippen molar-refractivity contribution in [3.63, 3.8) is 0 Å². The molecule has 1 atom stereocenters. The van der Waals surface area contributed by atoms with E-state index in [0.29, 0.717) is 0 Å². The third-order valence-corrected chi connectivity index (χ3v) is 3.05. The van der Waals surface area contributed by atoms with E-state index in [4.69, 9.17) is 0 Å². The maximum Gasteiger partial charge on any atom is 0.234 e. The molecule has 0 aliphatic heterocycles. The summed E-state index contributed by atoms with van der Waals surface area (Å²) in [6, 6.07) is 6.41. The van der Waals surface area contributed by atoms with Gasteiger partial charge in [-0.15, -0.1) is 0 Å². The monoisotopic (exact) mass is 280 g/mol. The SMILES string of the molecule is CC(C)NCC(=O)NC(c1ccc(F)cc1)C(C)(C)C. The van der Waals surface area contributed by atoms with Gasteiger partial charge in [-0.2, -0.15) is 0 Å². The molecule has 1 aromatic rings. The average Bonchev–Trinajstić information content (AvgIpc) is 2.33. The maximum atomic E-state index is 13.0. The smallest absolute Gasteiger partial charge is 0.234 e. The Hall–Kier alpha value is -1.42. The zero-order valence-electron chi connectivity index (χ0n) is 13.0. The molecule has 0 aliphatic carbocycles. The van der Waals surface area contributed by atoms with Crippen molar-refractivity contribution >= 4 is 5.91 Å². The van der Waals surface area contributed by atoms with Crippen molar-refractivity contribution in [2.24, 2.45) is 5.41 Å². The molecule has 0 saturated carbocycles. The van der Waals surface area contributed by atoms with E-state index in [-0.39, 0.29) is 35.8 Å². The molecule has 0 bridgehead atoms. The first kappa shape index (κ1) is 16.6. The van der Waals surface area contributed by atoms with E-state index in [9.17, 15) is 9.18 Å². The highest BCUT2D eigenvalue weighted by molar-refractivity contribution is 5.78. The molecule has 3 nitrogen and oxygen atoms in total. The third kappa shape index (κ3) is 5.29. The van der Waals surface area contributed by atoms with Gasteiger partial charge in [-0.25, -0.2) is 4.39 Å². The molecule has 1 amide bonds. The van der Waals surface area contributed by atoms with Gasteiger partial charge in [0.2, 0.25) is 5.91 Å². The van der Waals surface area contributed by atoms with Crippen LogP contribution in [-0.4, -0.2) is 18.5 Å². The summed E-state index contributed by atoms with van der Waals surface area (Å²) in [7, 11) is 0. The summed E-state index contributed by atoms with van der Waals surface area (Å²) < 4.78 is 13.0. The molecule has 0 aliphatic rings.